The predicted octanol–water partition coefficient (Wildman–Crippen LogP) is 5.13. The number of nitrogens with zero attached hydrogens (tertiary/aromatic N) is 2. The van der Waals surface area contributed by atoms with E-state index in [4.69, 9.17) is 0 Å². The van der Waals surface area contributed by atoms with Crippen LogP contribution in [0.25, 0.3) is 11.0 Å². The van der Waals surface area contributed by atoms with Gasteiger partial charge in [-0.05, 0) is 54.2 Å². The number of rotatable bonds is 5. The van der Waals surface area contributed by atoms with Crippen LogP contribution in [0.3, 0.4) is 0 Å². The van der Waals surface area contributed by atoms with Gasteiger partial charge in [0.2, 0.25) is 0 Å². The second kappa shape index (κ2) is 8.07. The van der Waals surface area contributed by atoms with E-state index in [-0.39, 0.29) is 0 Å². The van der Waals surface area contributed by atoms with Crippen LogP contribution in [0.1, 0.15) is 28.7 Å². The molecule has 3 aromatic carbocycles. The average Bonchev–Trinajstić information content (AvgIpc) is 3.18. The number of aryl methyl sites for hydroxylation is 2. The van der Waals surface area contributed by atoms with E-state index in [0.717, 1.165) is 48.1 Å². The van der Waals surface area contributed by atoms with Crippen molar-refractivity contribution in [1.82, 2.24) is 9.97 Å². The minimum Gasteiger partial charge on any atom is -0.367 e. The maximum Gasteiger partial charge on any atom is 0.197 e. The van der Waals surface area contributed by atoms with Crippen LogP contribution >= 0.6 is 0 Å². The lowest BCUT2D eigenvalue weighted by atomic mass is 9.97. The van der Waals surface area contributed by atoms with Crippen LogP contribution < -0.4 is 4.90 Å². The van der Waals surface area contributed by atoms with E-state index in [0.29, 0.717) is 10.9 Å². The monoisotopic (exact) mass is 415 g/mol. The summed E-state index contributed by atoms with van der Waals surface area (Å²) in [5.74, 6) is 0.466. The fourth-order valence-corrected chi connectivity index (χ4v) is 5.40. The van der Waals surface area contributed by atoms with Gasteiger partial charge in [0, 0.05) is 18.8 Å². The fourth-order valence-electron chi connectivity index (χ4n) is 4.32. The Balaban J connectivity index is 1.45. The van der Waals surface area contributed by atoms with Gasteiger partial charge in [0.25, 0.3) is 0 Å². The van der Waals surface area contributed by atoms with Crippen molar-refractivity contribution >= 4 is 27.5 Å². The Labute approximate surface area is 179 Å². The van der Waals surface area contributed by atoms with E-state index in [1.165, 1.54) is 16.8 Å². The SMILES string of the molecule is Cc1ccc2nc(S(=O)Cc3cccc4c3N(Cc3ccccc3)CCC4)[nH]c2c1. The summed E-state index contributed by atoms with van der Waals surface area (Å²) in [6.45, 7) is 3.95. The summed E-state index contributed by atoms with van der Waals surface area (Å²) >= 11 is 0. The van der Waals surface area contributed by atoms with Crippen molar-refractivity contribution in [3.63, 3.8) is 0 Å². The number of para-hydroxylation sites is 1. The number of H-pyrrole nitrogens is 1. The normalized spacial score (nSPS) is 14.6. The zero-order valence-corrected chi connectivity index (χ0v) is 17.9. The molecule has 1 aromatic heterocycles. The quantitative estimate of drug-likeness (QED) is 0.491. The smallest absolute Gasteiger partial charge is 0.197 e. The Kier molecular flexibility index (Phi) is 5.13. The lowest BCUT2D eigenvalue weighted by molar-refractivity contribution is 0.674. The highest BCUT2D eigenvalue weighted by molar-refractivity contribution is 7.84. The van der Waals surface area contributed by atoms with Crippen LogP contribution in [0.4, 0.5) is 5.69 Å². The molecule has 0 fully saturated rings. The molecule has 1 N–H and O–H groups in total. The van der Waals surface area contributed by atoms with Crippen molar-refractivity contribution in [2.45, 2.75) is 37.2 Å². The number of nitrogens with one attached hydrogen (secondary N) is 1. The Bertz CT molecular complexity index is 1220. The summed E-state index contributed by atoms with van der Waals surface area (Å²) in [6.07, 6.45) is 2.22. The minimum absolute atomic E-state index is 0.466. The first kappa shape index (κ1) is 19.1. The van der Waals surface area contributed by atoms with Crippen LogP contribution in [0, 0.1) is 6.92 Å². The maximum absolute atomic E-state index is 13.2. The summed E-state index contributed by atoms with van der Waals surface area (Å²) in [6, 6.07) is 23.1. The van der Waals surface area contributed by atoms with Gasteiger partial charge >= 0.3 is 0 Å². The Morgan fingerprint density at radius 3 is 2.80 bits per heavy atom. The molecule has 1 unspecified atom stereocenters. The zero-order valence-electron chi connectivity index (χ0n) is 17.1. The first-order valence-corrected chi connectivity index (χ1v) is 11.7. The van der Waals surface area contributed by atoms with Crippen molar-refractivity contribution in [3.8, 4) is 0 Å². The van der Waals surface area contributed by atoms with Gasteiger partial charge < -0.3 is 9.88 Å². The highest BCUT2D eigenvalue weighted by Gasteiger charge is 2.22. The number of imidazole rings is 1. The molecule has 0 aliphatic carbocycles. The molecule has 5 rings (SSSR count). The first-order valence-electron chi connectivity index (χ1n) is 10.4. The van der Waals surface area contributed by atoms with Gasteiger partial charge in [0.05, 0.1) is 27.6 Å². The van der Waals surface area contributed by atoms with Gasteiger partial charge in [0.1, 0.15) is 0 Å². The second-order valence-corrected chi connectivity index (χ2v) is 9.35. The molecule has 0 amide bonds. The van der Waals surface area contributed by atoms with Crippen LogP contribution in [-0.2, 0) is 29.5 Å². The Morgan fingerprint density at radius 1 is 1.07 bits per heavy atom. The van der Waals surface area contributed by atoms with Crippen LogP contribution in [-0.4, -0.2) is 20.7 Å². The van der Waals surface area contributed by atoms with Gasteiger partial charge in [-0.1, -0.05) is 54.6 Å². The molecule has 4 nitrogen and oxygen atoms in total. The van der Waals surface area contributed by atoms with Crippen molar-refractivity contribution in [2.75, 3.05) is 11.4 Å². The second-order valence-electron chi connectivity index (χ2n) is 7.99. The highest BCUT2D eigenvalue weighted by Crippen LogP contribution is 2.33. The van der Waals surface area contributed by atoms with Crippen LogP contribution in [0.5, 0.6) is 0 Å². The van der Waals surface area contributed by atoms with Crippen LogP contribution in [0.15, 0.2) is 71.9 Å². The third-order valence-electron chi connectivity index (χ3n) is 5.73. The summed E-state index contributed by atoms with van der Waals surface area (Å²) in [5, 5.41) is 0.554. The van der Waals surface area contributed by atoms with E-state index in [2.05, 4.69) is 76.4 Å². The van der Waals surface area contributed by atoms with E-state index in [1.54, 1.807) is 0 Å². The third kappa shape index (κ3) is 3.77. The number of anilines is 1. The standard InChI is InChI=1S/C25H25N3OS/c1-18-12-13-22-23(15-18)27-25(26-22)30(29)17-21-10-5-9-20-11-6-14-28(24(20)21)16-19-7-3-2-4-8-19/h2-5,7-10,12-13,15H,6,11,14,16-17H2,1H3,(H,26,27). The Hall–Kier alpha value is -2.92. The van der Waals surface area contributed by atoms with E-state index in [1.807, 2.05) is 12.1 Å². The minimum atomic E-state index is -1.23. The summed E-state index contributed by atoms with van der Waals surface area (Å²) in [4.78, 5) is 10.3. The average molecular weight is 416 g/mol. The van der Waals surface area contributed by atoms with E-state index >= 15 is 0 Å². The van der Waals surface area contributed by atoms with E-state index in [9.17, 15) is 4.21 Å². The highest BCUT2D eigenvalue weighted by atomic mass is 32.2. The van der Waals surface area contributed by atoms with Crippen molar-refractivity contribution in [3.05, 3.63) is 89.0 Å². The lowest BCUT2D eigenvalue weighted by Crippen LogP contribution is -2.30. The van der Waals surface area contributed by atoms with Gasteiger partial charge in [-0.3, -0.25) is 4.21 Å². The molecule has 0 spiro atoms. The van der Waals surface area contributed by atoms with Gasteiger partial charge in [-0.15, -0.1) is 0 Å². The summed E-state index contributed by atoms with van der Waals surface area (Å²) < 4.78 is 13.2. The van der Waals surface area contributed by atoms with Crippen molar-refractivity contribution < 1.29 is 4.21 Å². The number of hydrogen-bond donors (Lipinski definition) is 1. The number of benzene rings is 3. The summed E-state index contributed by atoms with van der Waals surface area (Å²) in [7, 11) is -1.23. The predicted molar refractivity (Wildman–Crippen MR) is 123 cm³/mol. The molecule has 0 saturated carbocycles. The lowest BCUT2D eigenvalue weighted by Gasteiger charge is -2.33. The number of aromatic nitrogens is 2. The maximum atomic E-state index is 13.2. The molecular weight excluding hydrogens is 390 g/mol. The van der Waals surface area contributed by atoms with Crippen LogP contribution in [0.2, 0.25) is 0 Å². The number of fused-ring (bicyclic) bond motifs is 2. The molecule has 4 aromatic rings. The molecule has 1 aliphatic rings. The molecule has 0 saturated heterocycles. The molecule has 0 bridgehead atoms. The molecule has 5 heteroatoms. The largest absolute Gasteiger partial charge is 0.367 e. The zero-order chi connectivity index (χ0) is 20.5. The molecule has 1 aliphatic heterocycles. The molecule has 0 radical (unpaired) electrons. The van der Waals surface area contributed by atoms with Crippen molar-refractivity contribution in [1.29, 1.82) is 0 Å². The van der Waals surface area contributed by atoms with E-state index < -0.39 is 10.8 Å². The first-order chi connectivity index (χ1) is 14.7. The molecule has 2 heterocycles. The molecule has 152 valence electrons. The Morgan fingerprint density at radius 2 is 1.93 bits per heavy atom. The summed E-state index contributed by atoms with van der Waals surface area (Å²) in [5.41, 5.74) is 8.02. The number of hydrogen-bond acceptors (Lipinski definition) is 3. The molecule has 30 heavy (non-hydrogen) atoms. The molecular formula is C25H25N3OS. The van der Waals surface area contributed by atoms with Gasteiger partial charge in [-0.2, -0.15) is 0 Å². The van der Waals surface area contributed by atoms with Gasteiger partial charge in [-0.25, -0.2) is 4.98 Å². The van der Waals surface area contributed by atoms with Crippen molar-refractivity contribution in [2.24, 2.45) is 0 Å². The number of aromatic amines is 1. The fraction of sp³-hybridized carbons (Fsp3) is 0.240. The van der Waals surface area contributed by atoms with Gasteiger partial charge in [0.15, 0.2) is 5.16 Å². The molecule has 1 atom stereocenters. The third-order valence-corrected chi connectivity index (χ3v) is 6.93. The topological polar surface area (TPSA) is 49.0 Å².